The zero-order valence-corrected chi connectivity index (χ0v) is 28.8. The summed E-state index contributed by atoms with van der Waals surface area (Å²) in [5.74, 6) is -0.254. The molecule has 1 unspecified atom stereocenters. The summed E-state index contributed by atoms with van der Waals surface area (Å²) in [6, 6.07) is 5.70. The van der Waals surface area contributed by atoms with Crippen molar-refractivity contribution in [2.24, 2.45) is 0 Å². The average Bonchev–Trinajstić information content (AvgIpc) is 2.76. The van der Waals surface area contributed by atoms with Gasteiger partial charge in [-0.1, -0.05) is 6.07 Å². The number of hydrogen-bond donors (Lipinski definition) is 2. The fraction of sp³-hybridized carbons (Fsp3) is 0.476. The van der Waals surface area contributed by atoms with Crippen molar-refractivity contribution in [3.05, 3.63) is 41.3 Å². The van der Waals surface area contributed by atoms with Gasteiger partial charge in [0.15, 0.2) is 11.6 Å². The van der Waals surface area contributed by atoms with Crippen LogP contribution in [-0.2, 0) is 84.4 Å². The van der Waals surface area contributed by atoms with E-state index in [4.69, 9.17) is 0 Å². The number of amides is 1. The molecule has 1 aromatic heterocycles. The maximum atomic E-state index is 14.3. The normalized spacial score (nSPS) is 18.3. The van der Waals surface area contributed by atoms with Crippen molar-refractivity contribution >= 4 is 33.9 Å². The maximum Gasteiger partial charge on any atom is 0.229 e. The van der Waals surface area contributed by atoms with Crippen LogP contribution in [0.15, 0.2) is 24.4 Å². The summed E-state index contributed by atoms with van der Waals surface area (Å²) in [4.78, 5) is 21.1. The smallest absolute Gasteiger partial charge is 0.229 e. The van der Waals surface area contributed by atoms with Crippen molar-refractivity contribution in [3.63, 3.8) is 0 Å². The maximum absolute atomic E-state index is 14.3. The van der Waals surface area contributed by atoms with Gasteiger partial charge in [0, 0.05) is 94.1 Å². The van der Waals surface area contributed by atoms with Gasteiger partial charge < -0.3 is 20.3 Å². The van der Waals surface area contributed by atoms with Crippen LogP contribution in [0.3, 0.4) is 0 Å². The number of carbonyl (C=O) groups excluding carboxylic acids is 1. The van der Waals surface area contributed by atoms with E-state index in [9.17, 15) is 17.6 Å². The third-order valence-corrected chi connectivity index (χ3v) is 7.37. The van der Waals surface area contributed by atoms with Gasteiger partial charge in [-0.2, -0.15) is 11.4 Å². The fourth-order valence-electron chi connectivity index (χ4n) is 4.20. The standard InChI is InChI=1S/C21H26FN6O3S.3W/c1-14-18-11-17(4-3-15(18)5-8-27(14)13-29)25-21-23-12-19(22)20(26-21)24-16-6-9-28(10-7-16)32(2,30)31;;;/h3-4,11-12,14,16H,5-10H2,1-2H3,(H2,23,24,25,26);;;/q-1;;;. The van der Waals surface area contributed by atoms with Crippen LogP contribution < -0.4 is 10.6 Å². The van der Waals surface area contributed by atoms with Crippen molar-refractivity contribution in [3.8, 4) is 0 Å². The summed E-state index contributed by atoms with van der Waals surface area (Å²) in [6.45, 7) is 3.37. The first kappa shape index (κ1) is 32.3. The van der Waals surface area contributed by atoms with Gasteiger partial charge in [-0.3, -0.25) is 0 Å². The molecule has 190 valence electrons. The van der Waals surface area contributed by atoms with Crippen molar-refractivity contribution in [2.75, 3.05) is 36.5 Å². The van der Waals surface area contributed by atoms with Crippen LogP contribution in [-0.4, -0.2) is 65.9 Å². The van der Waals surface area contributed by atoms with E-state index in [1.165, 1.54) is 16.1 Å². The fourth-order valence-corrected chi connectivity index (χ4v) is 5.07. The van der Waals surface area contributed by atoms with Gasteiger partial charge in [-0.15, -0.1) is 0 Å². The molecule has 1 saturated heterocycles. The molecule has 4 rings (SSSR count). The second-order valence-electron chi connectivity index (χ2n) is 8.22. The predicted molar refractivity (Wildman–Crippen MR) is 119 cm³/mol. The molecule has 0 saturated carbocycles. The topological polar surface area (TPSA) is 108 Å². The molecule has 2 aliphatic rings. The first-order valence-electron chi connectivity index (χ1n) is 10.5. The van der Waals surface area contributed by atoms with E-state index in [0.717, 1.165) is 23.9 Å². The van der Waals surface area contributed by atoms with E-state index in [1.54, 1.807) is 4.90 Å². The Morgan fingerprint density at radius 3 is 2.46 bits per heavy atom. The Bertz CT molecular complexity index is 1120. The van der Waals surface area contributed by atoms with E-state index in [2.05, 4.69) is 20.6 Å². The quantitative estimate of drug-likeness (QED) is 0.428. The zero-order valence-electron chi connectivity index (χ0n) is 19.2. The number of nitrogens with zero attached hydrogens (tertiary/aromatic N) is 4. The number of piperidine rings is 1. The van der Waals surface area contributed by atoms with E-state index >= 15 is 0 Å². The molecule has 0 aliphatic carbocycles. The summed E-state index contributed by atoms with van der Waals surface area (Å²) in [5, 5.41) is 6.19. The zero-order chi connectivity index (χ0) is 22.9. The van der Waals surface area contributed by atoms with E-state index < -0.39 is 15.8 Å². The van der Waals surface area contributed by atoms with Gasteiger partial charge in [0.1, 0.15) is 0 Å². The third-order valence-electron chi connectivity index (χ3n) is 6.07. The summed E-state index contributed by atoms with van der Waals surface area (Å²) < 4.78 is 39.1. The van der Waals surface area contributed by atoms with Crippen LogP contribution in [0.25, 0.3) is 0 Å². The Morgan fingerprint density at radius 1 is 1.14 bits per heavy atom. The molecule has 2 aromatic rings. The molecule has 1 fully saturated rings. The molecule has 1 aromatic carbocycles. The molecule has 9 nitrogen and oxygen atoms in total. The van der Waals surface area contributed by atoms with Gasteiger partial charge in [0.2, 0.25) is 16.0 Å². The minimum absolute atomic E-state index is 0. The number of anilines is 3. The number of fused-ring (bicyclic) bond motifs is 1. The number of benzene rings is 1. The van der Waals surface area contributed by atoms with Gasteiger partial charge in [-0.25, -0.2) is 22.1 Å². The first-order chi connectivity index (χ1) is 15.2. The Balaban J connectivity index is 0.00000204. The molecule has 2 aliphatic heterocycles. The molecule has 35 heavy (non-hydrogen) atoms. The SMILES string of the molecule is CC1c2cc(Nc3ncc(F)c(NC4CCN(S(C)(=O)=O)CC4)n3)ccc2CCN1[C-]=O.[W].[W].[W]. The summed E-state index contributed by atoms with van der Waals surface area (Å²) in [7, 11) is -3.22. The average molecular weight is 1010 g/mol. The van der Waals surface area contributed by atoms with Crippen molar-refractivity contribution < 1.29 is 80.8 Å². The monoisotopic (exact) mass is 1010 g/mol. The summed E-state index contributed by atoms with van der Waals surface area (Å²) in [5.41, 5.74) is 2.95. The van der Waals surface area contributed by atoms with Crippen molar-refractivity contribution in [1.29, 1.82) is 0 Å². The van der Waals surface area contributed by atoms with E-state index in [-0.39, 0.29) is 87.0 Å². The number of rotatable bonds is 6. The van der Waals surface area contributed by atoms with Gasteiger partial charge >= 0.3 is 0 Å². The Labute approximate surface area is 248 Å². The Morgan fingerprint density at radius 2 is 1.83 bits per heavy atom. The van der Waals surface area contributed by atoms with Crippen LogP contribution in [0, 0.1) is 5.82 Å². The number of halogens is 1. The molecule has 1 atom stereocenters. The predicted octanol–water partition coefficient (Wildman–Crippen LogP) is 2.17. The van der Waals surface area contributed by atoms with Gasteiger partial charge in [-0.05, 0) is 56.0 Å². The molecule has 0 radical (unpaired) electrons. The van der Waals surface area contributed by atoms with Crippen LogP contribution in [0.1, 0.15) is 36.9 Å². The Kier molecular flexibility index (Phi) is 12.7. The van der Waals surface area contributed by atoms with Crippen LogP contribution in [0.2, 0.25) is 0 Å². The van der Waals surface area contributed by atoms with Gasteiger partial charge in [0.05, 0.1) is 12.5 Å². The Hall–Kier alpha value is -0.725. The van der Waals surface area contributed by atoms with E-state index in [1.807, 2.05) is 31.5 Å². The molecule has 0 spiro atoms. The summed E-state index contributed by atoms with van der Waals surface area (Å²) in [6.07, 6.45) is 6.17. The number of nitrogens with one attached hydrogen (secondary N) is 2. The summed E-state index contributed by atoms with van der Waals surface area (Å²) >= 11 is 0. The van der Waals surface area contributed by atoms with E-state index in [0.29, 0.717) is 32.5 Å². The third kappa shape index (κ3) is 7.88. The molecule has 3 heterocycles. The second kappa shape index (κ2) is 13.7. The van der Waals surface area contributed by atoms with Crippen molar-refractivity contribution in [2.45, 2.75) is 38.3 Å². The number of hydrogen-bond acceptors (Lipinski definition) is 7. The molecular weight excluding hydrogens is 987 g/mol. The largest absolute Gasteiger partial charge is 0.520 e. The van der Waals surface area contributed by atoms with Crippen molar-refractivity contribution in [1.82, 2.24) is 19.2 Å². The second-order valence-corrected chi connectivity index (χ2v) is 10.2. The van der Waals surface area contributed by atoms with Crippen LogP contribution >= 0.6 is 0 Å². The van der Waals surface area contributed by atoms with Gasteiger partial charge in [0.25, 0.3) is 0 Å². The van der Waals surface area contributed by atoms with Crippen LogP contribution in [0.4, 0.5) is 21.8 Å². The molecule has 14 heteroatoms. The first-order valence-corrected chi connectivity index (χ1v) is 12.4. The molecule has 2 N–H and O–H groups in total. The van der Waals surface area contributed by atoms with Crippen LogP contribution in [0.5, 0.6) is 0 Å². The molecule has 1 amide bonds. The minimum Gasteiger partial charge on any atom is -0.520 e. The number of sulfonamides is 1. The molecular formula is C21H26FN6O3SW3-. The minimum atomic E-state index is -3.22. The number of aromatic nitrogens is 2. The molecule has 0 bridgehead atoms.